The van der Waals surface area contributed by atoms with Crippen molar-refractivity contribution in [2.24, 2.45) is 5.16 Å². The number of piperidine rings is 1. The largest absolute Gasteiger partial charge is 0.465 e. The van der Waals surface area contributed by atoms with E-state index in [1.807, 2.05) is 29.6 Å². The summed E-state index contributed by atoms with van der Waals surface area (Å²) >= 11 is 13.9. The Kier molecular flexibility index (Phi) is 6.94. The monoisotopic (exact) mass is 517 g/mol. The van der Waals surface area contributed by atoms with Crippen molar-refractivity contribution in [1.82, 2.24) is 19.9 Å². The van der Waals surface area contributed by atoms with Gasteiger partial charge in [0.2, 0.25) is 0 Å². The smallest absolute Gasteiger partial charge is 0.260 e. The fourth-order valence-corrected chi connectivity index (χ4v) is 5.46. The maximum Gasteiger partial charge on any atom is 0.260 e. The Bertz CT molecular complexity index is 1210. The number of benzene rings is 1. The molecule has 5 rings (SSSR count). The molecule has 11 heteroatoms. The van der Waals surface area contributed by atoms with E-state index in [0.717, 1.165) is 34.8 Å². The van der Waals surface area contributed by atoms with Crippen molar-refractivity contribution in [3.8, 4) is 5.88 Å². The van der Waals surface area contributed by atoms with Gasteiger partial charge < -0.3 is 14.5 Å². The maximum atomic E-state index is 12.5. The summed E-state index contributed by atoms with van der Waals surface area (Å²) in [6, 6.07) is 7.65. The average molecular weight is 518 g/mol. The van der Waals surface area contributed by atoms with Gasteiger partial charge in [0.05, 0.1) is 10.7 Å². The Morgan fingerprint density at radius 3 is 2.76 bits per heavy atom. The van der Waals surface area contributed by atoms with Gasteiger partial charge in [0.1, 0.15) is 5.71 Å². The van der Waals surface area contributed by atoms with Crippen LogP contribution in [0.15, 0.2) is 47.2 Å². The van der Waals surface area contributed by atoms with Crippen LogP contribution in [0, 0.1) is 0 Å². The summed E-state index contributed by atoms with van der Waals surface area (Å²) < 4.78 is 5.43. The number of carbonyl (C=O) groups is 1. The third-order valence-electron chi connectivity index (χ3n) is 5.89. The number of rotatable bonds is 6. The lowest BCUT2D eigenvalue weighted by atomic mass is 9.97. The molecule has 8 nitrogen and oxygen atoms in total. The molecule has 0 aliphatic carbocycles. The molecule has 1 aromatic carbocycles. The number of hydrogen-bond donors (Lipinski definition) is 0. The van der Waals surface area contributed by atoms with Gasteiger partial charge in [0, 0.05) is 53.8 Å². The van der Waals surface area contributed by atoms with E-state index in [1.165, 1.54) is 12.4 Å². The first-order chi connectivity index (χ1) is 16.6. The van der Waals surface area contributed by atoms with Gasteiger partial charge in [-0.05, 0) is 18.9 Å². The minimum Gasteiger partial charge on any atom is -0.465 e. The van der Waals surface area contributed by atoms with Gasteiger partial charge in [-0.3, -0.25) is 4.79 Å². The van der Waals surface area contributed by atoms with Gasteiger partial charge in [0.15, 0.2) is 17.9 Å². The highest BCUT2D eigenvalue weighted by atomic mass is 35.5. The van der Waals surface area contributed by atoms with Gasteiger partial charge >= 0.3 is 0 Å². The topological polar surface area (TPSA) is 89.8 Å². The van der Waals surface area contributed by atoms with Gasteiger partial charge in [-0.25, -0.2) is 15.0 Å². The molecular weight excluding hydrogens is 497 g/mol. The SMILES string of the molecule is O=C(COc1nccnc1Cl)N1CCC(c2nc(C3=NOC(c4ccccc4Cl)C3)cs2)CC1. The van der Waals surface area contributed by atoms with Crippen LogP contribution < -0.4 is 4.74 Å². The third-order valence-corrected chi connectivity index (χ3v) is 7.50. The van der Waals surface area contributed by atoms with E-state index in [9.17, 15) is 4.79 Å². The van der Waals surface area contributed by atoms with E-state index in [2.05, 4.69) is 15.1 Å². The van der Waals surface area contributed by atoms with Gasteiger partial charge in [0.25, 0.3) is 11.8 Å². The van der Waals surface area contributed by atoms with Crippen LogP contribution in [0.3, 0.4) is 0 Å². The summed E-state index contributed by atoms with van der Waals surface area (Å²) in [5.41, 5.74) is 2.61. The number of nitrogens with zero attached hydrogens (tertiary/aromatic N) is 5. The van der Waals surface area contributed by atoms with Crippen LogP contribution in [0.25, 0.3) is 0 Å². The molecule has 2 aliphatic heterocycles. The summed E-state index contributed by atoms with van der Waals surface area (Å²) in [6.45, 7) is 1.18. The molecule has 1 atom stereocenters. The molecule has 1 amide bonds. The number of thiazole rings is 1. The molecule has 0 radical (unpaired) electrons. The first-order valence-electron chi connectivity index (χ1n) is 10.9. The zero-order valence-corrected chi connectivity index (χ0v) is 20.4. The lowest BCUT2D eigenvalue weighted by Gasteiger charge is -2.31. The normalized spacial score (nSPS) is 18.5. The lowest BCUT2D eigenvalue weighted by Crippen LogP contribution is -2.40. The zero-order chi connectivity index (χ0) is 23.5. The minimum absolute atomic E-state index is 0.0944. The number of amides is 1. The molecule has 2 aliphatic rings. The molecule has 1 unspecified atom stereocenters. The molecule has 3 aromatic rings. The van der Waals surface area contributed by atoms with Crippen molar-refractivity contribution in [2.45, 2.75) is 31.3 Å². The predicted molar refractivity (Wildman–Crippen MR) is 130 cm³/mol. The first-order valence-corrected chi connectivity index (χ1v) is 12.5. The highest BCUT2D eigenvalue weighted by Crippen LogP contribution is 2.35. The van der Waals surface area contributed by atoms with Crippen molar-refractivity contribution >= 4 is 46.2 Å². The summed E-state index contributed by atoms with van der Waals surface area (Å²) in [6.07, 6.45) is 5.07. The van der Waals surface area contributed by atoms with Gasteiger partial charge in [-0.15, -0.1) is 11.3 Å². The predicted octanol–water partition coefficient (Wildman–Crippen LogP) is 4.89. The molecule has 0 saturated carbocycles. The van der Waals surface area contributed by atoms with Crippen LogP contribution in [-0.2, 0) is 9.63 Å². The quantitative estimate of drug-likeness (QED) is 0.462. The van der Waals surface area contributed by atoms with Crippen molar-refractivity contribution < 1.29 is 14.4 Å². The summed E-state index contributed by atoms with van der Waals surface area (Å²) in [4.78, 5) is 32.7. The first kappa shape index (κ1) is 23.0. The van der Waals surface area contributed by atoms with E-state index in [0.29, 0.717) is 30.5 Å². The van der Waals surface area contributed by atoms with Crippen LogP contribution in [-0.4, -0.2) is 51.2 Å². The number of oxime groups is 1. The molecule has 1 saturated heterocycles. The Balaban J connectivity index is 1.13. The second kappa shape index (κ2) is 10.2. The van der Waals surface area contributed by atoms with Crippen LogP contribution in [0.4, 0.5) is 0 Å². The molecule has 34 heavy (non-hydrogen) atoms. The highest BCUT2D eigenvalue weighted by molar-refractivity contribution is 7.10. The molecule has 2 aromatic heterocycles. The highest BCUT2D eigenvalue weighted by Gasteiger charge is 2.29. The van der Waals surface area contributed by atoms with Crippen LogP contribution in [0.1, 0.15) is 47.5 Å². The summed E-state index contributed by atoms with van der Waals surface area (Å²) in [7, 11) is 0. The fourth-order valence-electron chi connectivity index (χ4n) is 4.04. The molecule has 4 heterocycles. The second-order valence-electron chi connectivity index (χ2n) is 8.02. The van der Waals surface area contributed by atoms with Crippen molar-refractivity contribution in [1.29, 1.82) is 0 Å². The van der Waals surface area contributed by atoms with E-state index < -0.39 is 0 Å². The standard InChI is InChI=1S/C23H21Cl2N5O3S/c24-16-4-2-1-3-15(16)19-11-17(29-33-19)18-13-34-23(28-18)14-5-9-30(10-6-14)20(31)12-32-22-21(25)26-7-8-27-22/h1-4,7-8,13-14,19H,5-6,9-12H2. The number of likely N-dealkylation sites (tertiary alicyclic amines) is 1. The fraction of sp³-hybridized carbons (Fsp3) is 0.348. The molecule has 0 bridgehead atoms. The van der Waals surface area contributed by atoms with Crippen LogP contribution >= 0.6 is 34.5 Å². The number of ether oxygens (including phenoxy) is 1. The van der Waals surface area contributed by atoms with Gasteiger partial charge in [-0.1, -0.05) is 46.6 Å². The number of halogens is 2. The Hall–Kier alpha value is -2.75. The Morgan fingerprint density at radius 2 is 1.97 bits per heavy atom. The number of aromatic nitrogens is 3. The van der Waals surface area contributed by atoms with Crippen molar-refractivity contribution in [3.63, 3.8) is 0 Å². The Morgan fingerprint density at radius 1 is 1.18 bits per heavy atom. The second-order valence-corrected chi connectivity index (χ2v) is 9.68. The zero-order valence-electron chi connectivity index (χ0n) is 18.1. The number of hydrogen-bond acceptors (Lipinski definition) is 8. The maximum absolute atomic E-state index is 12.5. The minimum atomic E-state index is -0.193. The Labute approximate surface area is 210 Å². The molecule has 176 valence electrons. The van der Waals surface area contributed by atoms with Gasteiger partial charge in [-0.2, -0.15) is 0 Å². The lowest BCUT2D eigenvalue weighted by molar-refractivity contribution is -0.134. The van der Waals surface area contributed by atoms with E-state index in [4.69, 9.17) is 37.8 Å². The average Bonchev–Trinajstić information content (AvgIpc) is 3.54. The van der Waals surface area contributed by atoms with Crippen LogP contribution in [0.5, 0.6) is 5.88 Å². The number of carbonyl (C=O) groups excluding carboxylic acids is 1. The van der Waals surface area contributed by atoms with E-state index in [1.54, 1.807) is 16.2 Å². The molecule has 0 N–H and O–H groups in total. The van der Waals surface area contributed by atoms with Crippen molar-refractivity contribution in [3.05, 3.63) is 68.5 Å². The summed E-state index contributed by atoms with van der Waals surface area (Å²) in [5, 5.41) is 8.18. The molecule has 1 fully saturated rings. The van der Waals surface area contributed by atoms with Crippen molar-refractivity contribution in [2.75, 3.05) is 19.7 Å². The van der Waals surface area contributed by atoms with E-state index in [-0.39, 0.29) is 29.7 Å². The van der Waals surface area contributed by atoms with Crippen LogP contribution in [0.2, 0.25) is 10.2 Å². The third kappa shape index (κ3) is 5.01. The molecule has 0 spiro atoms. The molecular formula is C23H21Cl2N5O3S. The summed E-state index contributed by atoms with van der Waals surface area (Å²) in [5.74, 6) is 0.377. The van der Waals surface area contributed by atoms with E-state index >= 15 is 0 Å².